The van der Waals surface area contributed by atoms with Crippen LogP contribution >= 0.6 is 0 Å². The molecule has 1 heterocycles. The molecular weight excluding hydrogens is 224 g/mol. The van der Waals surface area contributed by atoms with Crippen LogP contribution in [0.15, 0.2) is 24.3 Å². The fraction of sp³-hybridized carbons (Fsp3) is 0.286. The van der Waals surface area contributed by atoms with E-state index in [2.05, 4.69) is 47.3 Å². The molecule has 94 valence electrons. The van der Waals surface area contributed by atoms with Crippen LogP contribution in [0, 0.1) is 13.8 Å². The highest BCUT2D eigenvalue weighted by Crippen LogP contribution is 2.21. The monoisotopic (exact) mass is 242 g/mol. The van der Waals surface area contributed by atoms with Crippen LogP contribution in [0.4, 0.5) is 17.3 Å². The van der Waals surface area contributed by atoms with Crippen LogP contribution in [0.3, 0.4) is 0 Å². The highest BCUT2D eigenvalue weighted by Gasteiger charge is 2.03. The Labute approximate surface area is 107 Å². The van der Waals surface area contributed by atoms with Crippen molar-refractivity contribution in [3.05, 3.63) is 41.2 Å². The van der Waals surface area contributed by atoms with E-state index in [4.69, 9.17) is 5.73 Å². The number of nitrogens with zero attached hydrogens (tertiary/aromatic N) is 2. The Morgan fingerprint density at radius 3 is 2.61 bits per heavy atom. The first-order valence-electron chi connectivity index (χ1n) is 6.06. The fourth-order valence-electron chi connectivity index (χ4n) is 1.83. The van der Waals surface area contributed by atoms with Crippen molar-refractivity contribution in [2.75, 3.05) is 11.1 Å². The second-order valence-corrected chi connectivity index (χ2v) is 4.39. The molecule has 0 aliphatic rings. The minimum Gasteiger partial charge on any atom is -0.384 e. The zero-order chi connectivity index (χ0) is 13.1. The van der Waals surface area contributed by atoms with Gasteiger partial charge in [0.25, 0.3) is 0 Å². The summed E-state index contributed by atoms with van der Waals surface area (Å²) in [6, 6.07) is 8.00. The van der Waals surface area contributed by atoms with E-state index in [1.165, 1.54) is 11.1 Å². The molecule has 4 nitrogen and oxygen atoms in total. The van der Waals surface area contributed by atoms with E-state index in [-0.39, 0.29) is 0 Å². The number of aryl methyl sites for hydroxylation is 3. The Morgan fingerprint density at radius 1 is 1.17 bits per heavy atom. The average Bonchev–Trinajstić information content (AvgIpc) is 2.32. The van der Waals surface area contributed by atoms with Gasteiger partial charge in [-0.1, -0.05) is 24.6 Å². The quantitative estimate of drug-likeness (QED) is 0.868. The van der Waals surface area contributed by atoms with Gasteiger partial charge in [-0.05, 0) is 25.5 Å². The van der Waals surface area contributed by atoms with Crippen LogP contribution in [0.5, 0.6) is 0 Å². The highest BCUT2D eigenvalue weighted by atomic mass is 15.0. The lowest BCUT2D eigenvalue weighted by molar-refractivity contribution is 0.948. The average molecular weight is 242 g/mol. The van der Waals surface area contributed by atoms with Crippen molar-refractivity contribution in [3.8, 4) is 0 Å². The maximum atomic E-state index is 5.76. The van der Waals surface area contributed by atoms with Gasteiger partial charge in [0, 0.05) is 18.2 Å². The summed E-state index contributed by atoms with van der Waals surface area (Å²) in [5, 5.41) is 3.28. The summed E-state index contributed by atoms with van der Waals surface area (Å²) in [6.07, 6.45) is 0.770. The Balaban J connectivity index is 2.30. The van der Waals surface area contributed by atoms with Crippen LogP contribution in [0.25, 0.3) is 0 Å². The van der Waals surface area contributed by atoms with Crippen molar-refractivity contribution < 1.29 is 0 Å². The molecule has 0 saturated carbocycles. The smallest absolute Gasteiger partial charge is 0.136 e. The first kappa shape index (κ1) is 12.4. The molecule has 4 heteroatoms. The van der Waals surface area contributed by atoms with Gasteiger partial charge < -0.3 is 11.1 Å². The lowest BCUT2D eigenvalue weighted by Crippen LogP contribution is -2.03. The van der Waals surface area contributed by atoms with Gasteiger partial charge in [-0.2, -0.15) is 0 Å². The van der Waals surface area contributed by atoms with E-state index in [9.17, 15) is 0 Å². The molecule has 0 aliphatic carbocycles. The number of hydrogen-bond donors (Lipinski definition) is 2. The third kappa shape index (κ3) is 2.77. The number of anilines is 3. The first-order valence-corrected chi connectivity index (χ1v) is 6.06. The highest BCUT2D eigenvalue weighted by molar-refractivity contribution is 5.62. The van der Waals surface area contributed by atoms with Crippen LogP contribution in [-0.2, 0) is 6.42 Å². The van der Waals surface area contributed by atoms with E-state index in [0.717, 1.165) is 23.8 Å². The second-order valence-electron chi connectivity index (χ2n) is 4.39. The number of nitrogen functional groups attached to an aromatic ring is 1. The number of benzene rings is 1. The van der Waals surface area contributed by atoms with Gasteiger partial charge in [0.1, 0.15) is 17.5 Å². The minimum absolute atomic E-state index is 0.495. The number of nitrogens with one attached hydrogen (secondary N) is 1. The standard InChI is InChI=1S/C14H18N4/c1-4-13-17-12(15)8-14(18-13)16-11-6-5-9(2)7-10(11)3/h5-8H,4H2,1-3H3,(H3,15,16,17,18). The lowest BCUT2D eigenvalue weighted by atomic mass is 10.1. The molecule has 0 amide bonds. The molecule has 0 aliphatic heterocycles. The topological polar surface area (TPSA) is 63.8 Å². The summed E-state index contributed by atoms with van der Waals surface area (Å²) >= 11 is 0. The first-order chi connectivity index (χ1) is 8.58. The molecule has 0 fully saturated rings. The van der Waals surface area contributed by atoms with Gasteiger partial charge in [0.05, 0.1) is 0 Å². The SMILES string of the molecule is CCc1nc(N)cc(Nc2ccc(C)cc2C)n1. The third-order valence-electron chi connectivity index (χ3n) is 2.75. The third-order valence-corrected chi connectivity index (χ3v) is 2.75. The Hall–Kier alpha value is -2.10. The molecule has 0 saturated heterocycles. The molecular formula is C14H18N4. The van der Waals surface area contributed by atoms with Crippen LogP contribution < -0.4 is 11.1 Å². The minimum atomic E-state index is 0.495. The molecule has 0 radical (unpaired) electrons. The maximum absolute atomic E-state index is 5.76. The van der Waals surface area contributed by atoms with E-state index < -0.39 is 0 Å². The van der Waals surface area contributed by atoms with Crippen molar-refractivity contribution in [2.24, 2.45) is 0 Å². The van der Waals surface area contributed by atoms with Crippen molar-refractivity contribution in [1.82, 2.24) is 9.97 Å². The summed E-state index contributed by atoms with van der Waals surface area (Å²) in [5.41, 5.74) is 9.23. The largest absolute Gasteiger partial charge is 0.384 e. The van der Waals surface area contributed by atoms with Crippen LogP contribution in [0.2, 0.25) is 0 Å². The molecule has 0 spiro atoms. The summed E-state index contributed by atoms with van der Waals surface area (Å²) in [7, 11) is 0. The predicted molar refractivity (Wildman–Crippen MR) is 75.0 cm³/mol. The zero-order valence-corrected chi connectivity index (χ0v) is 11.0. The molecule has 18 heavy (non-hydrogen) atoms. The van der Waals surface area contributed by atoms with E-state index in [0.29, 0.717) is 5.82 Å². The van der Waals surface area contributed by atoms with Gasteiger partial charge in [0.2, 0.25) is 0 Å². The van der Waals surface area contributed by atoms with Crippen molar-refractivity contribution in [2.45, 2.75) is 27.2 Å². The van der Waals surface area contributed by atoms with Gasteiger partial charge in [-0.3, -0.25) is 0 Å². The van der Waals surface area contributed by atoms with E-state index in [1.807, 2.05) is 6.92 Å². The maximum Gasteiger partial charge on any atom is 0.136 e. The molecule has 0 atom stereocenters. The van der Waals surface area contributed by atoms with Gasteiger partial charge in [-0.15, -0.1) is 0 Å². The molecule has 1 aromatic carbocycles. The molecule has 3 N–H and O–H groups in total. The van der Waals surface area contributed by atoms with Gasteiger partial charge >= 0.3 is 0 Å². The second kappa shape index (κ2) is 5.04. The Morgan fingerprint density at radius 2 is 1.94 bits per heavy atom. The Kier molecular flexibility index (Phi) is 3.46. The number of aromatic nitrogens is 2. The molecule has 2 aromatic rings. The van der Waals surface area contributed by atoms with E-state index in [1.54, 1.807) is 6.07 Å². The molecule has 1 aromatic heterocycles. The van der Waals surface area contributed by atoms with Crippen molar-refractivity contribution >= 4 is 17.3 Å². The summed E-state index contributed by atoms with van der Waals surface area (Å²) in [4.78, 5) is 8.57. The summed E-state index contributed by atoms with van der Waals surface area (Å²) < 4.78 is 0. The number of hydrogen-bond acceptors (Lipinski definition) is 4. The van der Waals surface area contributed by atoms with Crippen LogP contribution in [-0.4, -0.2) is 9.97 Å². The zero-order valence-electron chi connectivity index (χ0n) is 11.0. The van der Waals surface area contributed by atoms with Gasteiger partial charge in [-0.25, -0.2) is 9.97 Å². The number of rotatable bonds is 3. The van der Waals surface area contributed by atoms with Gasteiger partial charge in [0.15, 0.2) is 0 Å². The molecule has 2 rings (SSSR count). The molecule has 0 bridgehead atoms. The fourth-order valence-corrected chi connectivity index (χ4v) is 1.83. The van der Waals surface area contributed by atoms with E-state index >= 15 is 0 Å². The van der Waals surface area contributed by atoms with Crippen LogP contribution in [0.1, 0.15) is 23.9 Å². The molecule has 0 unspecified atom stereocenters. The lowest BCUT2D eigenvalue weighted by Gasteiger charge is -2.10. The summed E-state index contributed by atoms with van der Waals surface area (Å²) in [5.74, 6) is 1.99. The number of nitrogens with two attached hydrogens (primary N) is 1. The summed E-state index contributed by atoms with van der Waals surface area (Å²) in [6.45, 7) is 6.16. The Bertz CT molecular complexity index is 564. The normalized spacial score (nSPS) is 10.4. The van der Waals surface area contributed by atoms with Crippen molar-refractivity contribution in [1.29, 1.82) is 0 Å². The van der Waals surface area contributed by atoms with Crippen molar-refractivity contribution in [3.63, 3.8) is 0 Å². The predicted octanol–water partition coefficient (Wildman–Crippen LogP) is 2.98.